The van der Waals surface area contributed by atoms with Gasteiger partial charge in [0.25, 0.3) is 0 Å². The van der Waals surface area contributed by atoms with Crippen molar-refractivity contribution in [2.24, 2.45) is 4.99 Å². The maximum atomic E-state index is 11.6. The largest absolute Gasteiger partial charge is 0.363 e. The Morgan fingerprint density at radius 1 is 1.14 bits per heavy atom. The lowest BCUT2D eigenvalue weighted by Gasteiger charge is -2.37. The first-order chi connectivity index (χ1) is 10.2. The molecule has 2 aliphatic heterocycles. The van der Waals surface area contributed by atoms with E-state index in [0.717, 1.165) is 45.6 Å². The van der Waals surface area contributed by atoms with E-state index in [-0.39, 0.29) is 0 Å². The van der Waals surface area contributed by atoms with E-state index in [4.69, 9.17) is 0 Å². The van der Waals surface area contributed by atoms with Crippen LogP contribution in [0.3, 0.4) is 0 Å². The molecule has 1 unspecified atom stereocenters. The van der Waals surface area contributed by atoms with Crippen molar-refractivity contribution in [3.8, 4) is 0 Å². The van der Waals surface area contributed by atoms with Crippen LogP contribution in [0.15, 0.2) is 53.5 Å². The smallest absolute Gasteiger partial charge is 0.193 e. The molecule has 0 aliphatic carbocycles. The Morgan fingerprint density at radius 3 is 2.86 bits per heavy atom. The first-order valence-electron chi connectivity index (χ1n) is 7.11. The zero-order valence-electron chi connectivity index (χ0n) is 11.5. The number of fused-ring (bicyclic) bond motifs is 3. The van der Waals surface area contributed by atoms with E-state index < -0.39 is 5.72 Å². The molecular weight excluding hydrogens is 375 g/mol. The minimum atomic E-state index is -1.10. The fourth-order valence-corrected chi connectivity index (χ4v) is 3.84. The molecular formula is C17H15IN2O. The summed E-state index contributed by atoms with van der Waals surface area (Å²) in [4.78, 5) is 6.71. The van der Waals surface area contributed by atoms with Gasteiger partial charge in [0.2, 0.25) is 0 Å². The standard InChI is InChI=1S/C17H15IN2O/c18-13-6-3-5-12(11-13)17(21)15-8-2-1-7-14(15)16-19-9-4-10-20(16)17/h1-3,5-8,11,21H,4,9-10H2. The number of nitrogens with zero attached hydrogens (tertiary/aromatic N) is 2. The molecule has 0 saturated heterocycles. The van der Waals surface area contributed by atoms with Crippen molar-refractivity contribution in [2.75, 3.05) is 13.1 Å². The lowest BCUT2D eigenvalue weighted by molar-refractivity contribution is -0.0318. The van der Waals surface area contributed by atoms with Crippen molar-refractivity contribution in [1.82, 2.24) is 4.90 Å². The molecule has 0 radical (unpaired) electrons. The fraction of sp³-hybridized carbons (Fsp3) is 0.235. The highest BCUT2D eigenvalue weighted by Gasteiger charge is 2.48. The topological polar surface area (TPSA) is 35.8 Å². The van der Waals surface area contributed by atoms with Crippen molar-refractivity contribution >= 4 is 28.4 Å². The molecule has 1 N–H and O–H groups in total. The van der Waals surface area contributed by atoms with Crippen LogP contribution in [0.2, 0.25) is 0 Å². The summed E-state index contributed by atoms with van der Waals surface area (Å²) in [6, 6.07) is 16.1. The van der Waals surface area contributed by atoms with Crippen LogP contribution in [0.4, 0.5) is 0 Å². The molecule has 0 bridgehead atoms. The Morgan fingerprint density at radius 2 is 2.00 bits per heavy atom. The third kappa shape index (κ3) is 1.85. The average molecular weight is 390 g/mol. The summed E-state index contributed by atoms with van der Waals surface area (Å²) in [5.74, 6) is 0.929. The van der Waals surface area contributed by atoms with Gasteiger partial charge in [-0.25, -0.2) is 0 Å². The van der Waals surface area contributed by atoms with Crippen molar-refractivity contribution < 1.29 is 5.11 Å². The van der Waals surface area contributed by atoms with E-state index in [1.807, 2.05) is 41.3 Å². The monoisotopic (exact) mass is 390 g/mol. The van der Waals surface area contributed by atoms with E-state index >= 15 is 0 Å². The molecule has 2 aliphatic rings. The van der Waals surface area contributed by atoms with Crippen LogP contribution in [0.1, 0.15) is 23.1 Å². The lowest BCUT2D eigenvalue weighted by Crippen LogP contribution is -2.47. The highest BCUT2D eigenvalue weighted by molar-refractivity contribution is 14.1. The van der Waals surface area contributed by atoms with E-state index in [1.54, 1.807) is 0 Å². The molecule has 3 nitrogen and oxygen atoms in total. The molecule has 2 aromatic rings. The van der Waals surface area contributed by atoms with Gasteiger partial charge in [-0.3, -0.25) is 4.99 Å². The van der Waals surface area contributed by atoms with Gasteiger partial charge in [-0.1, -0.05) is 36.4 Å². The normalized spacial score (nSPS) is 23.5. The third-order valence-corrected chi connectivity index (χ3v) is 4.89. The SMILES string of the molecule is OC1(c2cccc(I)c2)c2ccccc2C2=NCCCN21. The number of hydrogen-bond donors (Lipinski definition) is 1. The minimum Gasteiger partial charge on any atom is -0.363 e. The molecule has 4 heteroatoms. The number of benzene rings is 2. The quantitative estimate of drug-likeness (QED) is 0.761. The van der Waals surface area contributed by atoms with Crippen molar-refractivity contribution in [2.45, 2.75) is 12.1 Å². The van der Waals surface area contributed by atoms with Crippen molar-refractivity contribution in [3.63, 3.8) is 0 Å². The van der Waals surface area contributed by atoms with Crippen LogP contribution < -0.4 is 0 Å². The Balaban J connectivity index is 1.99. The zero-order chi connectivity index (χ0) is 14.4. The predicted octanol–water partition coefficient (Wildman–Crippen LogP) is 2.95. The molecule has 0 aromatic heterocycles. The second kappa shape index (κ2) is 4.81. The summed E-state index contributed by atoms with van der Waals surface area (Å²) in [6.07, 6.45) is 0.976. The van der Waals surface area contributed by atoms with E-state index in [9.17, 15) is 5.11 Å². The third-order valence-electron chi connectivity index (χ3n) is 4.22. The molecule has 0 spiro atoms. The Hall–Kier alpha value is -1.40. The van der Waals surface area contributed by atoms with Gasteiger partial charge in [-0.05, 0) is 41.1 Å². The number of aliphatic hydroxyl groups is 1. The number of rotatable bonds is 1. The molecule has 4 rings (SSSR count). The number of amidine groups is 1. The minimum absolute atomic E-state index is 0.829. The number of aliphatic imine (C=N–C) groups is 1. The second-order valence-electron chi connectivity index (χ2n) is 5.44. The van der Waals surface area contributed by atoms with Crippen molar-refractivity contribution in [1.29, 1.82) is 0 Å². The second-order valence-corrected chi connectivity index (χ2v) is 6.68. The maximum absolute atomic E-state index is 11.6. The highest BCUT2D eigenvalue weighted by Crippen LogP contribution is 2.43. The van der Waals surface area contributed by atoms with Gasteiger partial charge in [0.1, 0.15) is 5.84 Å². The summed E-state index contributed by atoms with van der Waals surface area (Å²) in [5.41, 5.74) is 1.80. The van der Waals surface area contributed by atoms with Gasteiger partial charge in [0, 0.05) is 33.4 Å². The first-order valence-corrected chi connectivity index (χ1v) is 8.19. The van der Waals surface area contributed by atoms with Gasteiger partial charge in [0.05, 0.1) is 0 Å². The summed E-state index contributed by atoms with van der Waals surface area (Å²) in [6.45, 7) is 1.66. The summed E-state index contributed by atoms with van der Waals surface area (Å²) in [7, 11) is 0. The Kier molecular flexibility index (Phi) is 3.04. The van der Waals surface area contributed by atoms with Crippen LogP contribution >= 0.6 is 22.6 Å². The highest BCUT2D eigenvalue weighted by atomic mass is 127. The van der Waals surface area contributed by atoms with E-state index in [2.05, 4.69) is 39.7 Å². The van der Waals surface area contributed by atoms with Gasteiger partial charge >= 0.3 is 0 Å². The van der Waals surface area contributed by atoms with Gasteiger partial charge in [-0.15, -0.1) is 0 Å². The zero-order valence-corrected chi connectivity index (χ0v) is 13.6. The summed E-state index contributed by atoms with van der Waals surface area (Å²) >= 11 is 2.29. The molecule has 1 atom stereocenters. The molecule has 106 valence electrons. The van der Waals surface area contributed by atoms with Gasteiger partial charge < -0.3 is 10.0 Å². The van der Waals surface area contributed by atoms with Crippen LogP contribution in [0.5, 0.6) is 0 Å². The fourth-order valence-electron chi connectivity index (χ4n) is 3.29. The molecule has 2 aromatic carbocycles. The molecule has 0 amide bonds. The molecule has 0 saturated carbocycles. The van der Waals surface area contributed by atoms with Gasteiger partial charge in [0.15, 0.2) is 5.72 Å². The first kappa shape index (κ1) is 13.3. The van der Waals surface area contributed by atoms with Crippen LogP contribution in [-0.2, 0) is 5.72 Å². The molecule has 0 fully saturated rings. The van der Waals surface area contributed by atoms with E-state index in [0.29, 0.717) is 0 Å². The van der Waals surface area contributed by atoms with E-state index in [1.165, 1.54) is 0 Å². The lowest BCUT2D eigenvalue weighted by atomic mass is 9.94. The number of hydrogen-bond acceptors (Lipinski definition) is 3. The van der Waals surface area contributed by atoms with Crippen molar-refractivity contribution in [3.05, 3.63) is 68.8 Å². The van der Waals surface area contributed by atoms with Crippen LogP contribution in [0.25, 0.3) is 0 Å². The predicted molar refractivity (Wildman–Crippen MR) is 91.3 cm³/mol. The maximum Gasteiger partial charge on any atom is 0.193 e. The van der Waals surface area contributed by atoms with Crippen LogP contribution in [-0.4, -0.2) is 28.9 Å². The molecule has 2 heterocycles. The summed E-state index contributed by atoms with van der Waals surface area (Å²) < 4.78 is 1.12. The summed E-state index contributed by atoms with van der Waals surface area (Å²) in [5, 5.41) is 11.6. The Bertz CT molecular complexity index is 743. The average Bonchev–Trinajstić information content (AvgIpc) is 2.79. The van der Waals surface area contributed by atoms with Crippen LogP contribution in [0, 0.1) is 3.57 Å². The Labute approximate surface area is 137 Å². The van der Waals surface area contributed by atoms with Gasteiger partial charge in [-0.2, -0.15) is 0 Å². The molecule has 21 heavy (non-hydrogen) atoms. The number of halogens is 1.